The van der Waals surface area contributed by atoms with Gasteiger partial charge in [-0.2, -0.15) is 4.99 Å². The van der Waals surface area contributed by atoms with E-state index in [9.17, 15) is 0 Å². The van der Waals surface area contributed by atoms with Gasteiger partial charge in [-0.15, -0.1) is 0 Å². The number of methoxy groups -OCH3 is 1. The fourth-order valence-electron chi connectivity index (χ4n) is 3.59. The summed E-state index contributed by atoms with van der Waals surface area (Å²) in [5, 5.41) is 3.48. The zero-order valence-electron chi connectivity index (χ0n) is 16.3. The molecule has 146 valence electrons. The van der Waals surface area contributed by atoms with Crippen molar-refractivity contribution in [3.05, 3.63) is 54.1 Å². The molecule has 0 spiro atoms. The van der Waals surface area contributed by atoms with Gasteiger partial charge in [-0.3, -0.25) is 4.90 Å². The van der Waals surface area contributed by atoms with Gasteiger partial charge >= 0.3 is 0 Å². The number of guanidine groups is 2. The molecular formula is C21H26N6O. The smallest absolute Gasteiger partial charge is 0.222 e. The van der Waals surface area contributed by atoms with Crippen LogP contribution in [-0.2, 0) is 0 Å². The molecule has 2 aromatic rings. The van der Waals surface area contributed by atoms with Crippen molar-refractivity contribution in [1.29, 1.82) is 0 Å². The molecule has 2 aliphatic heterocycles. The van der Waals surface area contributed by atoms with E-state index in [0.717, 1.165) is 49.0 Å². The summed E-state index contributed by atoms with van der Waals surface area (Å²) in [6.45, 7) is 4.04. The van der Waals surface area contributed by atoms with E-state index in [0.29, 0.717) is 0 Å². The van der Waals surface area contributed by atoms with E-state index in [2.05, 4.69) is 56.3 Å². The molecule has 3 N–H and O–H groups in total. The van der Waals surface area contributed by atoms with E-state index in [1.165, 1.54) is 5.56 Å². The Labute approximate surface area is 165 Å². The predicted molar refractivity (Wildman–Crippen MR) is 114 cm³/mol. The number of aliphatic imine (C=N–C) groups is 2. The van der Waals surface area contributed by atoms with Crippen molar-refractivity contribution in [1.82, 2.24) is 4.90 Å². The highest BCUT2D eigenvalue weighted by molar-refractivity contribution is 6.06. The second kappa shape index (κ2) is 7.80. The lowest BCUT2D eigenvalue weighted by atomic mass is 10.2. The third-order valence-corrected chi connectivity index (χ3v) is 4.98. The topological polar surface area (TPSA) is 78.5 Å². The van der Waals surface area contributed by atoms with Crippen molar-refractivity contribution in [3.63, 3.8) is 0 Å². The minimum Gasteiger partial charge on any atom is -0.497 e. The third kappa shape index (κ3) is 3.74. The molecule has 2 aromatic carbocycles. The van der Waals surface area contributed by atoms with Crippen LogP contribution in [0.5, 0.6) is 5.75 Å². The minimum atomic E-state index is -0.386. The molecule has 0 radical (unpaired) electrons. The molecule has 0 aromatic heterocycles. The summed E-state index contributed by atoms with van der Waals surface area (Å²) in [4.78, 5) is 13.6. The van der Waals surface area contributed by atoms with Crippen LogP contribution in [0, 0.1) is 6.92 Å². The van der Waals surface area contributed by atoms with Crippen molar-refractivity contribution < 1.29 is 4.74 Å². The Hall–Kier alpha value is -3.22. The zero-order valence-corrected chi connectivity index (χ0v) is 16.3. The monoisotopic (exact) mass is 378 g/mol. The Balaban J connectivity index is 1.70. The van der Waals surface area contributed by atoms with Crippen LogP contribution in [0.15, 0.2) is 58.5 Å². The van der Waals surface area contributed by atoms with Crippen LogP contribution in [0.4, 0.5) is 11.4 Å². The number of nitrogens with one attached hydrogen (secondary N) is 1. The second-order valence-electron chi connectivity index (χ2n) is 7.05. The molecule has 2 heterocycles. The van der Waals surface area contributed by atoms with Crippen LogP contribution in [0.1, 0.15) is 18.4 Å². The Bertz CT molecular complexity index is 886. The first-order valence-corrected chi connectivity index (χ1v) is 9.57. The lowest BCUT2D eigenvalue weighted by Crippen LogP contribution is -2.54. The Kier molecular flexibility index (Phi) is 5.06. The number of likely N-dealkylation sites (tertiary alicyclic amines) is 1. The molecule has 28 heavy (non-hydrogen) atoms. The highest BCUT2D eigenvalue weighted by Crippen LogP contribution is 2.26. The summed E-state index contributed by atoms with van der Waals surface area (Å²) in [6, 6.07) is 16.2. The largest absolute Gasteiger partial charge is 0.497 e. The van der Waals surface area contributed by atoms with Crippen LogP contribution in [0.3, 0.4) is 0 Å². The minimum absolute atomic E-state index is 0.289. The second-order valence-corrected chi connectivity index (χ2v) is 7.05. The van der Waals surface area contributed by atoms with Crippen molar-refractivity contribution in [3.8, 4) is 5.75 Å². The fourth-order valence-corrected chi connectivity index (χ4v) is 3.59. The molecule has 0 aliphatic carbocycles. The lowest BCUT2D eigenvalue weighted by Gasteiger charge is -2.38. The molecule has 1 atom stereocenters. The number of hydrogen-bond donors (Lipinski definition) is 2. The van der Waals surface area contributed by atoms with Crippen LogP contribution >= 0.6 is 0 Å². The number of rotatable bonds is 4. The molecule has 1 fully saturated rings. The van der Waals surface area contributed by atoms with Crippen LogP contribution in [0.2, 0.25) is 0 Å². The molecular weight excluding hydrogens is 352 g/mol. The first kappa shape index (κ1) is 18.2. The summed E-state index contributed by atoms with van der Waals surface area (Å²) < 4.78 is 5.25. The first-order chi connectivity index (χ1) is 13.6. The molecule has 7 heteroatoms. The average molecular weight is 378 g/mol. The van der Waals surface area contributed by atoms with Crippen molar-refractivity contribution in [2.24, 2.45) is 15.7 Å². The highest BCUT2D eigenvalue weighted by Gasteiger charge is 2.32. The van der Waals surface area contributed by atoms with E-state index in [-0.39, 0.29) is 12.2 Å². The molecule has 1 saturated heterocycles. The highest BCUT2D eigenvalue weighted by atomic mass is 16.5. The number of anilines is 2. The maximum absolute atomic E-state index is 6.10. The number of nitrogens with two attached hydrogens (primary N) is 1. The lowest BCUT2D eigenvalue weighted by molar-refractivity contribution is 0.415. The molecule has 1 unspecified atom stereocenters. The number of aryl methyl sites for hydroxylation is 1. The van der Waals surface area contributed by atoms with Crippen LogP contribution < -0.4 is 20.7 Å². The van der Waals surface area contributed by atoms with Gasteiger partial charge in [0, 0.05) is 24.5 Å². The third-order valence-electron chi connectivity index (χ3n) is 4.98. The summed E-state index contributed by atoms with van der Waals surface area (Å²) in [5.74, 6) is 1.95. The summed E-state index contributed by atoms with van der Waals surface area (Å²) >= 11 is 0. The van der Waals surface area contributed by atoms with Gasteiger partial charge in [-0.1, -0.05) is 12.1 Å². The van der Waals surface area contributed by atoms with E-state index in [1.54, 1.807) is 7.11 Å². The van der Waals surface area contributed by atoms with E-state index in [4.69, 9.17) is 10.5 Å². The van der Waals surface area contributed by atoms with E-state index >= 15 is 0 Å². The Morgan fingerprint density at radius 1 is 1.11 bits per heavy atom. The van der Waals surface area contributed by atoms with E-state index < -0.39 is 0 Å². The fraction of sp³-hybridized carbons (Fsp3) is 0.333. The molecule has 4 rings (SSSR count). The summed E-state index contributed by atoms with van der Waals surface area (Å²) in [6.07, 6.45) is 1.94. The number of ether oxygens (including phenoxy) is 1. The summed E-state index contributed by atoms with van der Waals surface area (Å²) in [7, 11) is 1.66. The van der Waals surface area contributed by atoms with Crippen molar-refractivity contribution in [2.75, 3.05) is 30.4 Å². The van der Waals surface area contributed by atoms with Gasteiger partial charge in [0.1, 0.15) is 5.75 Å². The molecule has 7 nitrogen and oxygen atoms in total. The molecule has 0 saturated carbocycles. The molecule has 0 amide bonds. The number of hydrogen-bond acceptors (Lipinski definition) is 7. The first-order valence-electron chi connectivity index (χ1n) is 9.57. The van der Waals surface area contributed by atoms with Crippen molar-refractivity contribution in [2.45, 2.75) is 26.1 Å². The van der Waals surface area contributed by atoms with Gasteiger partial charge in [-0.25, -0.2) is 4.99 Å². The zero-order chi connectivity index (χ0) is 19.5. The van der Waals surface area contributed by atoms with E-state index in [1.807, 2.05) is 24.3 Å². The van der Waals surface area contributed by atoms with Crippen LogP contribution in [0.25, 0.3) is 0 Å². The van der Waals surface area contributed by atoms with Crippen LogP contribution in [-0.4, -0.2) is 43.3 Å². The number of nitrogens with zero attached hydrogens (tertiary/aromatic N) is 4. The predicted octanol–water partition coefficient (Wildman–Crippen LogP) is 2.99. The molecule has 0 bridgehead atoms. The van der Waals surface area contributed by atoms with Crippen molar-refractivity contribution >= 4 is 23.3 Å². The maximum atomic E-state index is 6.10. The number of benzene rings is 2. The molecule has 2 aliphatic rings. The normalized spacial score (nSPS) is 19.3. The SMILES string of the molecule is COc1ccc(NC2N=C(N)N=C(N3CCCC3)N2c2cccc(C)c2)cc1. The standard InChI is InChI=1S/C21H26N6O/c1-15-6-5-7-17(14-15)27-20(23-16-8-10-18(28-2)11-9-16)24-19(22)25-21(27)26-12-3-4-13-26/h5-11,14,20,23H,3-4,12-13H2,1-2H3,(H2,22,24). The quantitative estimate of drug-likeness (QED) is 0.855. The maximum Gasteiger partial charge on any atom is 0.222 e. The van der Waals surface area contributed by atoms with Gasteiger partial charge in [0.15, 0.2) is 0 Å². The van der Waals surface area contributed by atoms with Gasteiger partial charge in [0.25, 0.3) is 0 Å². The van der Waals surface area contributed by atoms with Gasteiger partial charge in [-0.05, 0) is 61.7 Å². The summed E-state index contributed by atoms with van der Waals surface area (Å²) in [5.41, 5.74) is 9.25. The van der Waals surface area contributed by atoms with Gasteiger partial charge < -0.3 is 20.7 Å². The van der Waals surface area contributed by atoms with Gasteiger partial charge in [0.05, 0.1) is 7.11 Å². The Morgan fingerprint density at radius 2 is 1.86 bits per heavy atom. The average Bonchev–Trinajstić information content (AvgIpc) is 3.23. The Morgan fingerprint density at radius 3 is 2.54 bits per heavy atom. The van der Waals surface area contributed by atoms with Gasteiger partial charge in [0.2, 0.25) is 18.2 Å².